The molecule has 1 aliphatic rings. The second-order valence-electron chi connectivity index (χ2n) is 2.02. The normalized spacial score (nSPS) is 29.6. The number of nitrogens with zero attached hydrogens (tertiary/aromatic N) is 1. The van der Waals surface area contributed by atoms with E-state index in [1.54, 1.807) is 0 Å². The van der Waals surface area contributed by atoms with Crippen molar-refractivity contribution in [3.05, 3.63) is 5.32 Å². The van der Waals surface area contributed by atoms with Crippen LogP contribution in [0.15, 0.2) is 0 Å². The van der Waals surface area contributed by atoms with Gasteiger partial charge in [-0.1, -0.05) is 19.3 Å². The summed E-state index contributed by atoms with van der Waals surface area (Å²) >= 11 is 0. The molecule has 2 heteroatoms. The average molecular weight is 185 g/mol. The zero-order valence-electron chi connectivity index (χ0n) is 4.50. The van der Waals surface area contributed by atoms with Crippen LogP contribution in [0.5, 0.6) is 0 Å². The summed E-state index contributed by atoms with van der Waals surface area (Å²) in [6, 6.07) is 0. The summed E-state index contributed by atoms with van der Waals surface area (Å²) in [5, 5.41) is 4.16. The maximum Gasteiger partial charge on any atom is 1.00 e. The van der Waals surface area contributed by atoms with Crippen LogP contribution in [-0.4, -0.2) is 13.1 Å². The summed E-state index contributed by atoms with van der Waals surface area (Å²) in [6.07, 6.45) is 1.32. The maximum absolute atomic E-state index is 4.16. The second kappa shape index (κ2) is 3.57. The zero-order valence-corrected chi connectivity index (χ0v) is 6.24. The van der Waals surface area contributed by atoms with E-state index in [2.05, 4.69) is 12.2 Å². The number of hydrogen-bond acceptors (Lipinski definition) is 0. The predicted molar refractivity (Wildman–Crippen MR) is 26.9 cm³/mol. The van der Waals surface area contributed by atoms with Crippen molar-refractivity contribution >= 4 is 0 Å². The van der Waals surface area contributed by atoms with E-state index >= 15 is 0 Å². The summed E-state index contributed by atoms with van der Waals surface area (Å²) in [4.78, 5) is 0. The van der Waals surface area contributed by atoms with Crippen molar-refractivity contribution in [2.75, 3.05) is 13.1 Å². The van der Waals surface area contributed by atoms with Crippen LogP contribution in [0.3, 0.4) is 0 Å². The first-order valence-electron chi connectivity index (χ1n) is 2.53. The topological polar surface area (TPSA) is 14.1 Å². The molecule has 0 spiro atoms. The molecule has 1 radical (unpaired) electrons. The summed E-state index contributed by atoms with van der Waals surface area (Å²) in [5.41, 5.74) is 0. The summed E-state index contributed by atoms with van der Waals surface area (Å²) < 4.78 is 0. The number of rotatable bonds is 0. The molecular weight excluding hydrogens is 175 g/mol. The molecular formula is C5H10NRu. The molecule has 1 heterocycles. The average Bonchev–Trinajstić information content (AvgIpc) is 1.86. The Morgan fingerprint density at radius 1 is 1.57 bits per heavy atom. The van der Waals surface area contributed by atoms with Crippen LogP contribution in [-0.2, 0) is 19.5 Å². The molecule has 1 nitrogen and oxygen atoms in total. The van der Waals surface area contributed by atoms with Crippen molar-refractivity contribution in [1.82, 2.24) is 0 Å². The molecule has 0 aromatic rings. The van der Waals surface area contributed by atoms with Crippen LogP contribution >= 0.6 is 0 Å². The molecule has 7 heavy (non-hydrogen) atoms. The second-order valence-corrected chi connectivity index (χ2v) is 2.02. The van der Waals surface area contributed by atoms with E-state index in [0.29, 0.717) is 0 Å². The van der Waals surface area contributed by atoms with Crippen molar-refractivity contribution in [2.24, 2.45) is 5.92 Å². The van der Waals surface area contributed by atoms with E-state index in [1.807, 2.05) is 0 Å². The molecule has 43 valence electrons. The minimum absolute atomic E-state index is 0. The first kappa shape index (κ1) is 7.58. The first-order chi connectivity index (χ1) is 2.89. The smallest absolute Gasteiger partial charge is 0.662 e. The van der Waals surface area contributed by atoms with Gasteiger partial charge in [-0.3, -0.25) is 0 Å². The van der Waals surface area contributed by atoms with Gasteiger partial charge < -0.3 is 5.32 Å². The van der Waals surface area contributed by atoms with Crippen molar-refractivity contribution < 1.29 is 19.5 Å². The van der Waals surface area contributed by atoms with Gasteiger partial charge in [0.2, 0.25) is 0 Å². The Balaban J connectivity index is 0.000000360. The van der Waals surface area contributed by atoms with Crippen LogP contribution in [0.25, 0.3) is 5.32 Å². The van der Waals surface area contributed by atoms with Crippen molar-refractivity contribution in [3.63, 3.8) is 0 Å². The molecule has 0 bridgehead atoms. The molecule has 1 saturated heterocycles. The molecule has 1 atom stereocenters. The summed E-state index contributed by atoms with van der Waals surface area (Å²) in [5.74, 6) is 0.880. The van der Waals surface area contributed by atoms with Crippen LogP contribution in [0.2, 0.25) is 0 Å². The molecule has 0 aromatic carbocycles. The maximum atomic E-state index is 4.16. The Morgan fingerprint density at radius 3 is 2.43 bits per heavy atom. The molecule has 1 rings (SSSR count). The van der Waals surface area contributed by atoms with Crippen LogP contribution in [0.4, 0.5) is 0 Å². The fourth-order valence-corrected chi connectivity index (χ4v) is 0.715. The van der Waals surface area contributed by atoms with Gasteiger partial charge in [0.15, 0.2) is 0 Å². The molecule has 0 N–H and O–H groups in total. The Bertz CT molecular complexity index is 41.3. The SMILES string of the molecule is CC1CC[N-]C1.[Ru+]. The Hall–Kier alpha value is 0.583. The third kappa shape index (κ3) is 2.40. The van der Waals surface area contributed by atoms with Gasteiger partial charge >= 0.3 is 19.5 Å². The van der Waals surface area contributed by atoms with Gasteiger partial charge in [0.05, 0.1) is 0 Å². The Labute approximate surface area is 57.6 Å². The van der Waals surface area contributed by atoms with Gasteiger partial charge in [-0.2, -0.15) is 0 Å². The van der Waals surface area contributed by atoms with E-state index in [9.17, 15) is 0 Å². The van der Waals surface area contributed by atoms with E-state index < -0.39 is 0 Å². The fourth-order valence-electron chi connectivity index (χ4n) is 0.715. The van der Waals surface area contributed by atoms with Gasteiger partial charge in [-0.15, -0.1) is 13.1 Å². The molecule has 0 aliphatic carbocycles. The number of hydrogen-bond donors (Lipinski definition) is 0. The van der Waals surface area contributed by atoms with Gasteiger partial charge in [-0.25, -0.2) is 0 Å². The minimum Gasteiger partial charge on any atom is -0.662 e. The molecule has 1 aliphatic heterocycles. The summed E-state index contributed by atoms with van der Waals surface area (Å²) in [6.45, 7) is 4.47. The third-order valence-corrected chi connectivity index (χ3v) is 1.22. The standard InChI is InChI=1S/C5H10N.Ru/c1-5-2-3-6-4-5;/h5H,2-4H2,1H3;/q-1;+1. The van der Waals surface area contributed by atoms with Crippen LogP contribution in [0, 0.1) is 5.92 Å². The van der Waals surface area contributed by atoms with Crippen molar-refractivity contribution in [1.29, 1.82) is 0 Å². The molecule has 0 amide bonds. The molecule has 1 unspecified atom stereocenters. The minimum atomic E-state index is 0. The molecule has 1 fully saturated rings. The van der Waals surface area contributed by atoms with Gasteiger partial charge in [-0.05, 0) is 0 Å². The Morgan fingerprint density at radius 2 is 2.29 bits per heavy atom. The predicted octanol–water partition coefficient (Wildman–Crippen LogP) is 1.40. The monoisotopic (exact) mass is 186 g/mol. The molecule has 0 aromatic heterocycles. The Kier molecular flexibility index (Phi) is 3.87. The van der Waals surface area contributed by atoms with E-state index in [0.717, 1.165) is 19.0 Å². The van der Waals surface area contributed by atoms with Crippen LogP contribution in [0.1, 0.15) is 13.3 Å². The summed E-state index contributed by atoms with van der Waals surface area (Å²) in [7, 11) is 0. The van der Waals surface area contributed by atoms with E-state index in [-0.39, 0.29) is 19.5 Å². The van der Waals surface area contributed by atoms with Crippen molar-refractivity contribution in [3.8, 4) is 0 Å². The fraction of sp³-hybridized carbons (Fsp3) is 1.00. The van der Waals surface area contributed by atoms with E-state index in [4.69, 9.17) is 0 Å². The van der Waals surface area contributed by atoms with Gasteiger partial charge in [0.1, 0.15) is 0 Å². The third-order valence-electron chi connectivity index (χ3n) is 1.22. The zero-order chi connectivity index (χ0) is 4.41. The van der Waals surface area contributed by atoms with Crippen molar-refractivity contribution in [2.45, 2.75) is 13.3 Å². The van der Waals surface area contributed by atoms with E-state index in [1.165, 1.54) is 6.42 Å². The quantitative estimate of drug-likeness (QED) is 0.506. The van der Waals surface area contributed by atoms with Gasteiger partial charge in [0, 0.05) is 0 Å². The van der Waals surface area contributed by atoms with Crippen LogP contribution < -0.4 is 0 Å². The first-order valence-corrected chi connectivity index (χ1v) is 2.53. The largest absolute Gasteiger partial charge is 1.00 e. The van der Waals surface area contributed by atoms with Gasteiger partial charge in [0.25, 0.3) is 0 Å². The molecule has 0 saturated carbocycles.